The van der Waals surface area contributed by atoms with E-state index in [0.717, 1.165) is 17.7 Å². The van der Waals surface area contributed by atoms with Crippen LogP contribution in [-0.4, -0.2) is 50.9 Å². The van der Waals surface area contributed by atoms with Gasteiger partial charge in [-0.05, 0) is 31.6 Å². The third-order valence-electron chi connectivity index (χ3n) is 4.22. The summed E-state index contributed by atoms with van der Waals surface area (Å²) >= 11 is 1.34. The summed E-state index contributed by atoms with van der Waals surface area (Å²) in [6.07, 6.45) is -3.01. The lowest BCUT2D eigenvalue weighted by atomic mass is 10.2. The van der Waals surface area contributed by atoms with Crippen LogP contribution in [-0.2, 0) is 4.79 Å². The molecular weight excluding hydrogens is 309 g/mol. The molecule has 118 valence electrons. The summed E-state index contributed by atoms with van der Waals surface area (Å²) < 4.78 is 38.7. The molecule has 3 rings (SSSR count). The third-order valence-corrected chi connectivity index (χ3v) is 5.68. The van der Waals surface area contributed by atoms with Crippen molar-refractivity contribution in [3.05, 3.63) is 0 Å². The minimum Gasteiger partial charge on any atom is -0.480 e. The van der Waals surface area contributed by atoms with E-state index in [1.807, 2.05) is 5.32 Å². The Labute approximate surface area is 123 Å². The summed E-state index contributed by atoms with van der Waals surface area (Å²) in [5.74, 6) is -0.744. The number of alkyl halides is 3. The molecule has 2 unspecified atom stereocenters. The van der Waals surface area contributed by atoms with Crippen LogP contribution in [0.3, 0.4) is 0 Å². The normalized spacial score (nSPS) is 31.1. The molecule has 2 amide bonds. The Kier molecular flexibility index (Phi) is 3.30. The average Bonchev–Trinajstić information content (AvgIpc) is 3.27. The monoisotopic (exact) mass is 324 g/mol. The largest absolute Gasteiger partial charge is 0.480 e. The molecule has 1 saturated heterocycles. The second-order valence-corrected chi connectivity index (χ2v) is 6.98. The molecule has 21 heavy (non-hydrogen) atoms. The van der Waals surface area contributed by atoms with Gasteiger partial charge in [0.2, 0.25) is 0 Å². The van der Waals surface area contributed by atoms with Crippen LogP contribution in [0, 0.1) is 5.92 Å². The van der Waals surface area contributed by atoms with Gasteiger partial charge < -0.3 is 10.4 Å². The molecule has 1 aliphatic heterocycles. The lowest BCUT2D eigenvalue weighted by Crippen LogP contribution is -2.57. The highest BCUT2D eigenvalue weighted by Gasteiger charge is 2.65. The molecular formula is C12H15F3N2O3S. The van der Waals surface area contributed by atoms with Gasteiger partial charge in [0.1, 0.15) is 11.6 Å². The van der Waals surface area contributed by atoms with Crippen molar-refractivity contribution in [2.45, 2.75) is 48.8 Å². The van der Waals surface area contributed by atoms with Crippen molar-refractivity contribution in [2.75, 3.05) is 5.75 Å². The van der Waals surface area contributed by atoms with E-state index in [2.05, 4.69) is 0 Å². The number of halogens is 3. The molecule has 3 fully saturated rings. The number of urea groups is 1. The lowest BCUT2D eigenvalue weighted by molar-refractivity contribution is -0.163. The molecule has 0 aromatic carbocycles. The van der Waals surface area contributed by atoms with Crippen LogP contribution in [0.5, 0.6) is 0 Å². The maximum atomic E-state index is 12.9. The smallest absolute Gasteiger partial charge is 0.411 e. The number of carboxylic acid groups (broad SMARTS) is 1. The van der Waals surface area contributed by atoms with Crippen molar-refractivity contribution in [1.29, 1.82) is 0 Å². The molecule has 0 radical (unpaired) electrons. The van der Waals surface area contributed by atoms with E-state index in [0.29, 0.717) is 0 Å². The van der Waals surface area contributed by atoms with Crippen molar-refractivity contribution in [3.8, 4) is 0 Å². The first-order chi connectivity index (χ1) is 9.75. The van der Waals surface area contributed by atoms with E-state index in [1.165, 1.54) is 11.8 Å². The van der Waals surface area contributed by atoms with Crippen LogP contribution >= 0.6 is 11.8 Å². The van der Waals surface area contributed by atoms with E-state index < -0.39 is 29.8 Å². The number of nitrogens with one attached hydrogen (secondary N) is 1. The third kappa shape index (κ3) is 2.56. The number of amides is 2. The van der Waals surface area contributed by atoms with Gasteiger partial charge in [-0.25, -0.2) is 9.59 Å². The standard InChI is InChI=1S/C12H15F3N2O3S/c13-12(14,15)11(3-4-11)16-10(20)17-7(9(18)19)5-21-8(17)6-1-2-6/h6-8H,1-5H2,(H,16,20)(H,18,19). The molecule has 1 heterocycles. The first-order valence-electron chi connectivity index (χ1n) is 6.77. The summed E-state index contributed by atoms with van der Waals surface area (Å²) in [5, 5.41) is 10.9. The summed E-state index contributed by atoms with van der Waals surface area (Å²) in [5.41, 5.74) is -2.16. The van der Waals surface area contributed by atoms with Gasteiger partial charge >= 0.3 is 18.2 Å². The first-order valence-corrected chi connectivity index (χ1v) is 7.82. The van der Waals surface area contributed by atoms with Gasteiger partial charge in [-0.2, -0.15) is 13.2 Å². The number of rotatable bonds is 3. The molecule has 0 aromatic heterocycles. The van der Waals surface area contributed by atoms with Crippen LogP contribution in [0.4, 0.5) is 18.0 Å². The van der Waals surface area contributed by atoms with Crippen molar-refractivity contribution < 1.29 is 27.9 Å². The van der Waals surface area contributed by atoms with Crippen molar-refractivity contribution in [3.63, 3.8) is 0 Å². The van der Waals surface area contributed by atoms with Gasteiger partial charge in [-0.3, -0.25) is 4.90 Å². The average molecular weight is 324 g/mol. The highest BCUT2D eigenvalue weighted by Crippen LogP contribution is 2.50. The zero-order valence-electron chi connectivity index (χ0n) is 11.0. The van der Waals surface area contributed by atoms with E-state index in [-0.39, 0.29) is 29.9 Å². The summed E-state index contributed by atoms with van der Waals surface area (Å²) in [6.45, 7) is 0. The van der Waals surface area contributed by atoms with Crippen molar-refractivity contribution >= 4 is 23.8 Å². The maximum Gasteiger partial charge on any atom is 0.411 e. The quantitative estimate of drug-likeness (QED) is 0.833. The Morgan fingerprint density at radius 1 is 1.29 bits per heavy atom. The minimum absolute atomic E-state index is 0.144. The predicted molar refractivity (Wildman–Crippen MR) is 68.8 cm³/mol. The van der Waals surface area contributed by atoms with Gasteiger partial charge in [0.05, 0.1) is 5.37 Å². The van der Waals surface area contributed by atoms with Gasteiger partial charge in [-0.15, -0.1) is 11.8 Å². The SMILES string of the molecule is O=C(O)C1CSC(C2CC2)N1C(=O)NC1(C(F)(F)F)CC1. The Morgan fingerprint density at radius 2 is 1.90 bits per heavy atom. The summed E-state index contributed by atoms with van der Waals surface area (Å²) in [7, 11) is 0. The van der Waals surface area contributed by atoms with Gasteiger partial charge in [-0.1, -0.05) is 0 Å². The van der Waals surface area contributed by atoms with Gasteiger partial charge in [0, 0.05) is 5.75 Å². The molecule has 2 saturated carbocycles. The minimum atomic E-state index is -4.50. The predicted octanol–water partition coefficient (Wildman–Crippen LogP) is 2.03. The van der Waals surface area contributed by atoms with E-state index in [9.17, 15) is 22.8 Å². The zero-order valence-corrected chi connectivity index (χ0v) is 11.8. The van der Waals surface area contributed by atoms with Gasteiger partial charge in [0.15, 0.2) is 0 Å². The number of hydrogen-bond acceptors (Lipinski definition) is 3. The van der Waals surface area contributed by atoms with E-state index in [4.69, 9.17) is 5.11 Å². The highest BCUT2D eigenvalue weighted by atomic mass is 32.2. The Hall–Kier alpha value is -1.12. The first kappa shape index (κ1) is 14.8. The fraction of sp³-hybridized carbons (Fsp3) is 0.833. The Morgan fingerprint density at radius 3 is 2.33 bits per heavy atom. The maximum absolute atomic E-state index is 12.9. The summed E-state index contributed by atoms with van der Waals surface area (Å²) in [6, 6.07) is -1.95. The topological polar surface area (TPSA) is 69.6 Å². The van der Waals surface area contributed by atoms with Gasteiger partial charge in [0.25, 0.3) is 0 Å². The molecule has 0 spiro atoms. The van der Waals surface area contributed by atoms with Crippen LogP contribution in [0.1, 0.15) is 25.7 Å². The number of aliphatic carboxylic acids is 1. The molecule has 0 aromatic rings. The van der Waals surface area contributed by atoms with Crippen molar-refractivity contribution in [2.24, 2.45) is 5.92 Å². The molecule has 2 N–H and O–H groups in total. The number of nitrogens with zero attached hydrogens (tertiary/aromatic N) is 1. The fourth-order valence-corrected chi connectivity index (χ4v) is 4.22. The van der Waals surface area contributed by atoms with Crippen LogP contribution in [0.2, 0.25) is 0 Å². The zero-order chi connectivity index (χ0) is 15.4. The number of hydrogen-bond donors (Lipinski definition) is 2. The van der Waals surface area contributed by atoms with Crippen LogP contribution in [0.15, 0.2) is 0 Å². The Bertz CT molecular complexity index is 477. The lowest BCUT2D eigenvalue weighted by Gasteiger charge is -2.30. The molecule has 5 nitrogen and oxygen atoms in total. The molecule has 3 aliphatic rings. The molecule has 0 bridgehead atoms. The van der Waals surface area contributed by atoms with Crippen molar-refractivity contribution in [1.82, 2.24) is 10.2 Å². The molecule has 2 atom stereocenters. The van der Waals surface area contributed by atoms with Crippen LogP contribution < -0.4 is 5.32 Å². The second-order valence-electron chi connectivity index (χ2n) is 5.83. The number of carboxylic acids is 1. The number of carbonyl (C=O) groups excluding carboxylic acids is 1. The second kappa shape index (κ2) is 4.69. The Balaban J connectivity index is 1.76. The van der Waals surface area contributed by atoms with Crippen LogP contribution in [0.25, 0.3) is 0 Å². The summed E-state index contributed by atoms with van der Waals surface area (Å²) in [4.78, 5) is 24.6. The number of thioether (sulfide) groups is 1. The fourth-order valence-electron chi connectivity index (χ4n) is 2.59. The molecule has 9 heteroatoms. The molecule has 2 aliphatic carbocycles. The number of carbonyl (C=O) groups is 2. The highest BCUT2D eigenvalue weighted by molar-refractivity contribution is 8.00. The van der Waals surface area contributed by atoms with E-state index >= 15 is 0 Å². The van der Waals surface area contributed by atoms with E-state index in [1.54, 1.807) is 0 Å².